The summed E-state index contributed by atoms with van der Waals surface area (Å²) in [4.78, 5) is 27.1. The Morgan fingerprint density at radius 2 is 2.00 bits per heavy atom. The predicted molar refractivity (Wildman–Crippen MR) is 93.8 cm³/mol. The summed E-state index contributed by atoms with van der Waals surface area (Å²) in [5.74, 6) is 1.75. The molecule has 0 amide bonds. The highest BCUT2D eigenvalue weighted by molar-refractivity contribution is 5.40. The molecule has 1 atom stereocenters. The molecular formula is C18H23N3O3. The van der Waals surface area contributed by atoms with Gasteiger partial charge in [0.05, 0.1) is 13.2 Å². The van der Waals surface area contributed by atoms with Gasteiger partial charge in [0.2, 0.25) is 0 Å². The Hall–Kier alpha value is -2.50. The summed E-state index contributed by atoms with van der Waals surface area (Å²) in [5, 5.41) is 3.33. The van der Waals surface area contributed by atoms with E-state index in [1.54, 1.807) is 7.11 Å². The van der Waals surface area contributed by atoms with Crippen molar-refractivity contribution in [3.63, 3.8) is 0 Å². The molecule has 2 aromatic rings. The fourth-order valence-electron chi connectivity index (χ4n) is 2.98. The molecule has 0 saturated heterocycles. The number of methoxy groups -OCH3 is 1. The third-order valence-corrected chi connectivity index (χ3v) is 4.34. The fourth-order valence-corrected chi connectivity index (χ4v) is 2.98. The van der Waals surface area contributed by atoms with Crippen LogP contribution in [0.4, 0.5) is 5.82 Å². The zero-order valence-corrected chi connectivity index (χ0v) is 14.2. The topological polar surface area (TPSA) is 76.1 Å². The van der Waals surface area contributed by atoms with Crippen LogP contribution in [0.2, 0.25) is 0 Å². The maximum atomic E-state index is 12.2. The second-order valence-corrected chi connectivity index (χ2v) is 6.53. The van der Waals surface area contributed by atoms with Crippen molar-refractivity contribution in [2.24, 2.45) is 5.92 Å². The summed E-state index contributed by atoms with van der Waals surface area (Å²) in [7, 11) is 1.64. The molecule has 0 aliphatic heterocycles. The summed E-state index contributed by atoms with van der Waals surface area (Å²) in [6.07, 6.45) is 2.25. The van der Waals surface area contributed by atoms with Crippen molar-refractivity contribution in [2.45, 2.75) is 38.8 Å². The quantitative estimate of drug-likeness (QED) is 0.854. The van der Waals surface area contributed by atoms with E-state index in [1.807, 2.05) is 38.1 Å². The lowest BCUT2D eigenvalue weighted by Crippen LogP contribution is -2.36. The lowest BCUT2D eigenvalue weighted by Gasteiger charge is -2.21. The van der Waals surface area contributed by atoms with Crippen LogP contribution in [-0.4, -0.2) is 16.7 Å². The number of ether oxygens (including phenoxy) is 1. The molecule has 6 nitrogen and oxygen atoms in total. The summed E-state index contributed by atoms with van der Waals surface area (Å²) in [5.41, 5.74) is 0.405. The SMILES string of the molecule is COc1cccc(C(Nc2cc(=O)n(C(C)C)c(=O)[nH]2)C2CC2)c1. The number of aromatic amines is 1. The van der Waals surface area contributed by atoms with E-state index in [4.69, 9.17) is 4.74 Å². The van der Waals surface area contributed by atoms with Gasteiger partial charge in [-0.05, 0) is 50.3 Å². The number of H-pyrrole nitrogens is 1. The van der Waals surface area contributed by atoms with E-state index in [2.05, 4.69) is 10.3 Å². The maximum absolute atomic E-state index is 12.2. The van der Waals surface area contributed by atoms with Crippen LogP contribution in [0.1, 0.15) is 44.3 Å². The Morgan fingerprint density at radius 3 is 2.58 bits per heavy atom. The highest BCUT2D eigenvalue weighted by atomic mass is 16.5. The van der Waals surface area contributed by atoms with Crippen LogP contribution < -0.4 is 21.3 Å². The lowest BCUT2D eigenvalue weighted by atomic mass is 10.0. The number of nitrogens with zero attached hydrogens (tertiary/aromatic N) is 1. The summed E-state index contributed by atoms with van der Waals surface area (Å²) in [6.45, 7) is 3.62. The molecule has 3 rings (SSSR count). The molecule has 0 bridgehead atoms. The first-order valence-electron chi connectivity index (χ1n) is 8.26. The average Bonchev–Trinajstić information content (AvgIpc) is 3.36. The van der Waals surface area contributed by atoms with E-state index in [1.165, 1.54) is 10.6 Å². The number of hydrogen-bond acceptors (Lipinski definition) is 4. The molecule has 0 spiro atoms. The van der Waals surface area contributed by atoms with Gasteiger partial charge in [0.15, 0.2) is 0 Å². The third kappa shape index (κ3) is 3.37. The van der Waals surface area contributed by atoms with Crippen molar-refractivity contribution in [1.29, 1.82) is 0 Å². The molecule has 128 valence electrons. The molecule has 1 heterocycles. The molecule has 6 heteroatoms. The number of benzene rings is 1. The number of nitrogens with one attached hydrogen (secondary N) is 2. The van der Waals surface area contributed by atoms with Gasteiger partial charge in [-0.1, -0.05) is 12.1 Å². The largest absolute Gasteiger partial charge is 0.497 e. The molecule has 24 heavy (non-hydrogen) atoms. The van der Waals surface area contributed by atoms with Gasteiger partial charge in [-0.3, -0.25) is 14.3 Å². The number of anilines is 1. The van der Waals surface area contributed by atoms with Crippen molar-refractivity contribution >= 4 is 5.82 Å². The highest BCUT2D eigenvalue weighted by Crippen LogP contribution is 2.43. The summed E-state index contributed by atoms with van der Waals surface area (Å²) in [6, 6.07) is 9.20. The second kappa shape index (κ2) is 6.55. The van der Waals surface area contributed by atoms with Crippen LogP contribution in [0.25, 0.3) is 0 Å². The third-order valence-electron chi connectivity index (χ3n) is 4.34. The van der Waals surface area contributed by atoms with Crippen molar-refractivity contribution in [3.05, 3.63) is 56.7 Å². The van der Waals surface area contributed by atoms with Crippen LogP contribution in [-0.2, 0) is 0 Å². The molecule has 1 unspecified atom stereocenters. The van der Waals surface area contributed by atoms with E-state index >= 15 is 0 Å². The average molecular weight is 329 g/mol. The number of rotatable bonds is 6. The molecular weight excluding hydrogens is 306 g/mol. The van der Waals surface area contributed by atoms with E-state index in [0.29, 0.717) is 11.7 Å². The van der Waals surface area contributed by atoms with E-state index in [9.17, 15) is 9.59 Å². The summed E-state index contributed by atoms with van der Waals surface area (Å²) < 4.78 is 6.51. The molecule has 2 N–H and O–H groups in total. The monoisotopic (exact) mass is 329 g/mol. The number of hydrogen-bond donors (Lipinski definition) is 2. The normalized spacial score (nSPS) is 15.3. The highest BCUT2D eigenvalue weighted by Gasteiger charge is 2.32. The first-order chi connectivity index (χ1) is 11.5. The first-order valence-corrected chi connectivity index (χ1v) is 8.26. The molecule has 1 aliphatic rings. The molecule has 1 fully saturated rings. The van der Waals surface area contributed by atoms with Crippen LogP contribution in [0.5, 0.6) is 5.75 Å². The minimum atomic E-state index is -0.389. The predicted octanol–water partition coefficient (Wildman–Crippen LogP) is 2.69. The Kier molecular flexibility index (Phi) is 4.46. The lowest BCUT2D eigenvalue weighted by molar-refractivity contribution is 0.413. The second-order valence-electron chi connectivity index (χ2n) is 6.53. The first kappa shape index (κ1) is 16.4. The zero-order valence-electron chi connectivity index (χ0n) is 14.2. The standard InChI is InChI=1S/C18H23N3O3/c1-11(2)21-16(22)10-15(20-18(21)23)19-17(12-7-8-12)13-5-4-6-14(9-13)24-3/h4-6,9-12,17,19H,7-8H2,1-3H3,(H,20,23). The van der Waals surface area contributed by atoms with Crippen molar-refractivity contribution in [2.75, 3.05) is 12.4 Å². The van der Waals surface area contributed by atoms with E-state index in [0.717, 1.165) is 24.2 Å². The maximum Gasteiger partial charge on any atom is 0.330 e. The van der Waals surface area contributed by atoms with Crippen LogP contribution in [0.3, 0.4) is 0 Å². The summed E-state index contributed by atoms with van der Waals surface area (Å²) >= 11 is 0. The van der Waals surface area contributed by atoms with Gasteiger partial charge in [0.25, 0.3) is 5.56 Å². The van der Waals surface area contributed by atoms with Gasteiger partial charge < -0.3 is 10.1 Å². The molecule has 1 saturated carbocycles. The van der Waals surface area contributed by atoms with Crippen molar-refractivity contribution in [3.8, 4) is 5.75 Å². The van der Waals surface area contributed by atoms with E-state index in [-0.39, 0.29) is 23.3 Å². The van der Waals surface area contributed by atoms with E-state index < -0.39 is 0 Å². The Bertz CT molecular complexity index is 803. The van der Waals surface area contributed by atoms with Gasteiger partial charge in [0, 0.05) is 12.1 Å². The number of aromatic nitrogens is 2. The Balaban J connectivity index is 1.92. The van der Waals surface area contributed by atoms with Crippen molar-refractivity contribution in [1.82, 2.24) is 9.55 Å². The van der Waals surface area contributed by atoms with Crippen LogP contribution >= 0.6 is 0 Å². The fraction of sp³-hybridized carbons (Fsp3) is 0.444. The molecule has 1 aromatic carbocycles. The minimum absolute atomic E-state index is 0.0463. The Labute approximate surface area is 140 Å². The van der Waals surface area contributed by atoms with Crippen LogP contribution in [0, 0.1) is 5.92 Å². The van der Waals surface area contributed by atoms with Gasteiger partial charge >= 0.3 is 5.69 Å². The smallest absolute Gasteiger partial charge is 0.330 e. The van der Waals surface area contributed by atoms with Crippen LogP contribution in [0.15, 0.2) is 39.9 Å². The van der Waals surface area contributed by atoms with Gasteiger partial charge in [0.1, 0.15) is 11.6 Å². The van der Waals surface area contributed by atoms with Gasteiger partial charge in [-0.2, -0.15) is 0 Å². The van der Waals surface area contributed by atoms with Crippen molar-refractivity contribution < 1.29 is 4.74 Å². The van der Waals surface area contributed by atoms with Gasteiger partial charge in [-0.15, -0.1) is 0 Å². The Morgan fingerprint density at radius 1 is 1.25 bits per heavy atom. The molecule has 0 radical (unpaired) electrons. The molecule has 1 aliphatic carbocycles. The van der Waals surface area contributed by atoms with Gasteiger partial charge in [-0.25, -0.2) is 4.79 Å². The zero-order chi connectivity index (χ0) is 17.3. The molecule has 1 aromatic heterocycles. The minimum Gasteiger partial charge on any atom is -0.497 e.